The number of carbonyl (C=O) groups excluding carboxylic acids is 2. The van der Waals surface area contributed by atoms with Gasteiger partial charge in [-0.2, -0.15) is 0 Å². The molecule has 2 aromatic carbocycles. The molecule has 11 heteroatoms. The summed E-state index contributed by atoms with van der Waals surface area (Å²) in [6, 6.07) is 15.3. The Kier molecular flexibility index (Phi) is 9.52. The van der Waals surface area contributed by atoms with Crippen molar-refractivity contribution in [2.75, 3.05) is 38.5 Å². The number of aryl methyl sites for hydroxylation is 1. The van der Waals surface area contributed by atoms with E-state index in [2.05, 4.69) is 15.0 Å². The number of amides is 2. The minimum atomic E-state index is -3.85. The maximum atomic E-state index is 13.0. The minimum Gasteiger partial charge on any atom is -0.444 e. The van der Waals surface area contributed by atoms with Gasteiger partial charge in [0.2, 0.25) is 5.91 Å². The highest BCUT2D eigenvalue weighted by molar-refractivity contribution is 7.92. The maximum absolute atomic E-state index is 13.0. The Labute approximate surface area is 230 Å². The first-order valence-corrected chi connectivity index (χ1v) is 14.1. The number of hydrogen-bond acceptors (Lipinski definition) is 7. The molecule has 0 atom stereocenters. The molecule has 1 aromatic heterocycles. The van der Waals surface area contributed by atoms with E-state index >= 15 is 0 Å². The number of rotatable bonds is 10. The van der Waals surface area contributed by atoms with Gasteiger partial charge in [-0.1, -0.05) is 35.9 Å². The summed E-state index contributed by atoms with van der Waals surface area (Å²) in [6.07, 6.45) is -0.652. The largest absolute Gasteiger partial charge is 0.444 e. The molecule has 0 radical (unpaired) electrons. The second-order valence-corrected chi connectivity index (χ2v) is 12.3. The Balaban J connectivity index is 1.88. The van der Waals surface area contributed by atoms with Crippen LogP contribution < -0.4 is 10.0 Å². The number of nitrogens with zero attached hydrogens (tertiary/aromatic N) is 3. The van der Waals surface area contributed by atoms with Gasteiger partial charge in [0, 0.05) is 18.5 Å². The van der Waals surface area contributed by atoms with E-state index in [9.17, 15) is 18.0 Å². The Hall–Kier alpha value is -3.70. The SMILES string of the molecule is Cc1ccc(S(=O)(=O)Nc2cccc3ccc(CN(CC(=O)NCCN(C)C)C(=O)OC(C)(C)C)nc23)cc1. The average molecular weight is 556 g/mol. The van der Waals surface area contributed by atoms with Gasteiger partial charge in [-0.05, 0) is 66.1 Å². The fourth-order valence-electron chi connectivity index (χ4n) is 3.63. The quantitative estimate of drug-likeness (QED) is 0.391. The summed E-state index contributed by atoms with van der Waals surface area (Å²) in [5.74, 6) is -0.324. The number of carbonyl (C=O) groups is 2. The molecule has 0 bridgehead atoms. The lowest BCUT2D eigenvalue weighted by molar-refractivity contribution is -0.122. The van der Waals surface area contributed by atoms with Crippen LogP contribution in [-0.4, -0.2) is 74.5 Å². The van der Waals surface area contributed by atoms with Crippen molar-refractivity contribution in [1.82, 2.24) is 20.1 Å². The summed E-state index contributed by atoms with van der Waals surface area (Å²) < 4.78 is 34.2. The first-order valence-electron chi connectivity index (χ1n) is 12.6. The molecule has 3 rings (SSSR count). The zero-order chi connectivity index (χ0) is 28.8. The molecule has 10 nitrogen and oxygen atoms in total. The van der Waals surface area contributed by atoms with Crippen molar-refractivity contribution in [1.29, 1.82) is 0 Å². The molecule has 0 aliphatic heterocycles. The molecule has 0 spiro atoms. The molecule has 0 fully saturated rings. The molecule has 2 amide bonds. The van der Waals surface area contributed by atoms with Crippen LogP contribution in [0.4, 0.5) is 10.5 Å². The third-order valence-electron chi connectivity index (χ3n) is 5.57. The highest BCUT2D eigenvalue weighted by atomic mass is 32.2. The van der Waals surface area contributed by atoms with E-state index in [0.29, 0.717) is 35.4 Å². The second-order valence-electron chi connectivity index (χ2n) is 10.6. The first kappa shape index (κ1) is 29.9. The van der Waals surface area contributed by atoms with Crippen LogP contribution in [0.25, 0.3) is 10.9 Å². The standard InChI is InChI=1S/C28H37N5O5S/c1-20-10-14-23(15-11-20)39(36,37)31-24-9-7-8-21-12-13-22(30-26(21)24)18-33(27(35)38-28(2,3)4)19-25(34)29-16-17-32(5)6/h7-15,31H,16-19H2,1-6H3,(H,29,34). The normalized spacial score (nSPS) is 11.9. The monoisotopic (exact) mass is 555 g/mol. The van der Waals surface area contributed by atoms with Gasteiger partial charge < -0.3 is 15.0 Å². The smallest absolute Gasteiger partial charge is 0.411 e. The fourth-order valence-corrected chi connectivity index (χ4v) is 4.70. The summed E-state index contributed by atoms with van der Waals surface area (Å²) in [4.78, 5) is 33.6. The molecule has 1 heterocycles. The van der Waals surface area contributed by atoms with Crippen LogP contribution in [0.2, 0.25) is 0 Å². The molecular formula is C28H37N5O5S. The van der Waals surface area contributed by atoms with E-state index in [0.717, 1.165) is 5.56 Å². The number of ether oxygens (including phenoxy) is 1. The topological polar surface area (TPSA) is 121 Å². The number of para-hydroxylation sites is 1. The number of nitrogens with one attached hydrogen (secondary N) is 2. The van der Waals surface area contributed by atoms with Crippen LogP contribution in [0.15, 0.2) is 59.5 Å². The van der Waals surface area contributed by atoms with Gasteiger partial charge >= 0.3 is 6.09 Å². The number of anilines is 1. The maximum Gasteiger partial charge on any atom is 0.411 e. The predicted molar refractivity (Wildman–Crippen MR) is 152 cm³/mol. The number of benzene rings is 2. The lowest BCUT2D eigenvalue weighted by Gasteiger charge is -2.27. The van der Waals surface area contributed by atoms with Gasteiger partial charge in [0.15, 0.2) is 0 Å². The number of hydrogen-bond donors (Lipinski definition) is 2. The van der Waals surface area contributed by atoms with Crippen LogP contribution in [0.1, 0.15) is 32.0 Å². The van der Waals surface area contributed by atoms with Crippen molar-refractivity contribution in [2.45, 2.75) is 44.7 Å². The van der Waals surface area contributed by atoms with Gasteiger partial charge in [0.25, 0.3) is 10.0 Å². The molecule has 3 aromatic rings. The summed E-state index contributed by atoms with van der Waals surface area (Å²) in [7, 11) is -0.0482. The number of aromatic nitrogens is 1. The molecule has 39 heavy (non-hydrogen) atoms. The molecular weight excluding hydrogens is 518 g/mol. The van der Waals surface area contributed by atoms with Crippen molar-refractivity contribution in [3.05, 3.63) is 65.9 Å². The molecule has 0 saturated carbocycles. The van der Waals surface area contributed by atoms with Gasteiger partial charge in [0.05, 0.1) is 28.3 Å². The van der Waals surface area contributed by atoms with Gasteiger partial charge in [-0.25, -0.2) is 18.2 Å². The molecule has 0 aliphatic rings. The highest BCUT2D eigenvalue weighted by Gasteiger charge is 2.25. The van der Waals surface area contributed by atoms with Crippen molar-refractivity contribution in [3.8, 4) is 0 Å². The predicted octanol–water partition coefficient (Wildman–Crippen LogP) is 3.76. The van der Waals surface area contributed by atoms with Crippen molar-refractivity contribution < 1.29 is 22.7 Å². The Bertz CT molecular complexity index is 1420. The first-order chi connectivity index (χ1) is 18.2. The van der Waals surface area contributed by atoms with Crippen LogP contribution in [0.3, 0.4) is 0 Å². The van der Waals surface area contributed by atoms with Crippen LogP contribution in [0.5, 0.6) is 0 Å². The number of fused-ring (bicyclic) bond motifs is 1. The van der Waals surface area contributed by atoms with E-state index in [4.69, 9.17) is 4.74 Å². The van der Waals surface area contributed by atoms with Crippen molar-refractivity contribution in [3.63, 3.8) is 0 Å². The van der Waals surface area contributed by atoms with Crippen LogP contribution in [-0.2, 0) is 26.1 Å². The summed E-state index contributed by atoms with van der Waals surface area (Å²) in [5.41, 5.74) is 1.39. The highest BCUT2D eigenvalue weighted by Crippen LogP contribution is 2.25. The molecule has 0 saturated heterocycles. The van der Waals surface area contributed by atoms with Crippen molar-refractivity contribution in [2.24, 2.45) is 0 Å². The minimum absolute atomic E-state index is 0.00893. The third-order valence-corrected chi connectivity index (χ3v) is 6.96. The Morgan fingerprint density at radius 3 is 2.33 bits per heavy atom. The summed E-state index contributed by atoms with van der Waals surface area (Å²) in [6.45, 7) is 8.00. The lowest BCUT2D eigenvalue weighted by Crippen LogP contribution is -2.44. The van der Waals surface area contributed by atoms with E-state index in [1.165, 1.54) is 4.90 Å². The second kappa shape index (κ2) is 12.4. The van der Waals surface area contributed by atoms with E-state index in [1.807, 2.05) is 32.0 Å². The van der Waals surface area contributed by atoms with E-state index in [-0.39, 0.29) is 23.9 Å². The lowest BCUT2D eigenvalue weighted by atomic mass is 10.1. The van der Waals surface area contributed by atoms with E-state index in [1.54, 1.807) is 69.3 Å². The van der Waals surface area contributed by atoms with Crippen LogP contribution in [0, 0.1) is 6.92 Å². The average Bonchev–Trinajstić information content (AvgIpc) is 2.83. The Morgan fingerprint density at radius 2 is 1.69 bits per heavy atom. The summed E-state index contributed by atoms with van der Waals surface area (Å²) in [5, 5.41) is 3.52. The van der Waals surface area contributed by atoms with E-state index < -0.39 is 21.7 Å². The number of pyridine rings is 1. The Morgan fingerprint density at radius 1 is 1.00 bits per heavy atom. The summed E-state index contributed by atoms with van der Waals surface area (Å²) >= 11 is 0. The van der Waals surface area contributed by atoms with Gasteiger partial charge in [-0.15, -0.1) is 0 Å². The fraction of sp³-hybridized carbons (Fsp3) is 0.393. The number of sulfonamides is 1. The van der Waals surface area contributed by atoms with Gasteiger partial charge in [-0.3, -0.25) is 14.4 Å². The number of likely N-dealkylation sites (N-methyl/N-ethyl adjacent to an activating group) is 1. The van der Waals surface area contributed by atoms with Crippen LogP contribution >= 0.6 is 0 Å². The molecule has 210 valence electrons. The molecule has 0 unspecified atom stereocenters. The third kappa shape index (κ3) is 8.93. The molecule has 0 aliphatic carbocycles. The molecule has 2 N–H and O–H groups in total. The zero-order valence-electron chi connectivity index (χ0n) is 23.3. The van der Waals surface area contributed by atoms with Crippen molar-refractivity contribution >= 4 is 38.6 Å². The van der Waals surface area contributed by atoms with Gasteiger partial charge in [0.1, 0.15) is 12.1 Å². The zero-order valence-corrected chi connectivity index (χ0v) is 24.1.